The van der Waals surface area contributed by atoms with Crippen molar-refractivity contribution in [3.05, 3.63) is 0 Å². The van der Waals surface area contributed by atoms with Gasteiger partial charge in [0.05, 0.1) is 6.10 Å². The highest BCUT2D eigenvalue weighted by Crippen LogP contribution is 2.77. The topological polar surface area (TPSA) is 26.3 Å². The van der Waals surface area contributed by atoms with Crippen LogP contribution in [0.4, 0.5) is 0 Å². The summed E-state index contributed by atoms with van der Waals surface area (Å²) < 4.78 is 7.10. The van der Waals surface area contributed by atoms with Crippen LogP contribution in [0.1, 0.15) is 120 Å². The Morgan fingerprint density at radius 1 is 0.667 bits per heavy atom. The van der Waals surface area contributed by atoms with E-state index in [-0.39, 0.29) is 10.8 Å². The van der Waals surface area contributed by atoms with E-state index in [2.05, 4.69) is 75.0 Å². The maximum absolute atomic E-state index is 13.0. The van der Waals surface area contributed by atoms with Gasteiger partial charge in [-0.2, -0.15) is 0 Å². The van der Waals surface area contributed by atoms with Crippen LogP contribution in [0.3, 0.4) is 0 Å². The number of hydrogen-bond acceptors (Lipinski definition) is 2. The maximum Gasteiger partial charge on any atom is 0.184 e. The molecule has 5 aliphatic rings. The molecule has 0 aromatic rings. The van der Waals surface area contributed by atoms with Crippen LogP contribution in [0, 0.1) is 56.2 Å². The minimum atomic E-state index is -1.62. The van der Waals surface area contributed by atoms with Crippen LogP contribution in [-0.4, -0.2) is 20.2 Å². The molecular weight excluding hydrogens is 456 g/mol. The number of rotatable bonds is 2. The fourth-order valence-electron chi connectivity index (χ4n) is 12.1. The van der Waals surface area contributed by atoms with Crippen molar-refractivity contribution in [1.82, 2.24) is 0 Å². The smallest absolute Gasteiger partial charge is 0.184 e. The molecule has 0 aromatic heterocycles. The van der Waals surface area contributed by atoms with Crippen LogP contribution in [-0.2, 0) is 9.22 Å². The summed E-state index contributed by atoms with van der Waals surface area (Å²) in [6.07, 6.45) is 13.1. The average Bonchev–Trinajstić information content (AvgIpc) is 2.74. The van der Waals surface area contributed by atoms with E-state index >= 15 is 0 Å². The first-order chi connectivity index (χ1) is 16.3. The van der Waals surface area contributed by atoms with E-state index in [0.29, 0.717) is 45.4 Å². The summed E-state index contributed by atoms with van der Waals surface area (Å²) in [4.78, 5) is 13.0. The van der Waals surface area contributed by atoms with Crippen molar-refractivity contribution < 1.29 is 9.22 Å². The second-order valence-corrected chi connectivity index (χ2v) is 22.0. The maximum atomic E-state index is 13.0. The van der Waals surface area contributed by atoms with Gasteiger partial charge in [-0.3, -0.25) is 4.79 Å². The van der Waals surface area contributed by atoms with Gasteiger partial charge in [-0.25, -0.2) is 0 Å². The molecule has 206 valence electrons. The average molecular weight is 515 g/mol. The molecular formula is C33H58O2Si. The zero-order valence-corrected chi connectivity index (χ0v) is 26.8. The molecule has 5 fully saturated rings. The van der Waals surface area contributed by atoms with E-state index in [9.17, 15) is 4.79 Å². The summed E-state index contributed by atoms with van der Waals surface area (Å²) in [6.45, 7) is 27.5. The molecule has 0 radical (unpaired) electrons. The molecule has 9 atom stereocenters. The van der Waals surface area contributed by atoms with Crippen LogP contribution in [0.2, 0.25) is 19.6 Å². The molecule has 5 saturated carbocycles. The lowest BCUT2D eigenvalue weighted by Gasteiger charge is -2.74. The summed E-state index contributed by atoms with van der Waals surface area (Å²) in [6, 6.07) is 0. The molecule has 0 saturated heterocycles. The van der Waals surface area contributed by atoms with Crippen molar-refractivity contribution in [3.8, 4) is 0 Å². The Hall–Kier alpha value is -0.153. The van der Waals surface area contributed by atoms with E-state index < -0.39 is 8.32 Å². The number of Topliss-reactive ketones (excluding diaryl/α,β-unsaturated/α-hetero) is 1. The predicted octanol–water partition coefficient (Wildman–Crippen LogP) is 9.29. The van der Waals surface area contributed by atoms with Crippen LogP contribution in [0.5, 0.6) is 0 Å². The van der Waals surface area contributed by atoms with E-state index in [1.807, 2.05) is 0 Å². The number of hydrogen-bond donors (Lipinski definition) is 0. The van der Waals surface area contributed by atoms with Crippen molar-refractivity contribution in [2.75, 3.05) is 0 Å². The third-order valence-electron chi connectivity index (χ3n) is 14.2. The molecule has 0 aromatic carbocycles. The Kier molecular flexibility index (Phi) is 6.06. The Balaban J connectivity index is 1.51. The number of ketones is 1. The zero-order valence-electron chi connectivity index (χ0n) is 25.8. The summed E-state index contributed by atoms with van der Waals surface area (Å²) in [5.74, 6) is 3.34. The first-order valence-corrected chi connectivity index (χ1v) is 18.9. The first kappa shape index (κ1) is 27.4. The molecule has 0 N–H and O–H groups in total. The lowest BCUT2D eigenvalue weighted by atomic mass is 9.31. The van der Waals surface area contributed by atoms with E-state index in [1.165, 1.54) is 51.4 Å². The van der Waals surface area contributed by atoms with Crippen molar-refractivity contribution in [3.63, 3.8) is 0 Å². The van der Waals surface area contributed by atoms with Crippen molar-refractivity contribution in [2.45, 2.75) is 145 Å². The van der Waals surface area contributed by atoms with E-state index in [4.69, 9.17) is 4.43 Å². The lowest BCUT2D eigenvalue weighted by molar-refractivity contribution is -0.258. The number of carbonyl (C=O) groups is 1. The Labute approximate surface area is 224 Å². The predicted molar refractivity (Wildman–Crippen MR) is 153 cm³/mol. The number of carbonyl (C=O) groups excluding carboxylic acids is 1. The number of fused-ring (bicyclic) bond motifs is 7. The molecule has 2 nitrogen and oxygen atoms in total. The molecule has 0 heterocycles. The zero-order chi connectivity index (χ0) is 26.7. The largest absolute Gasteiger partial charge is 0.414 e. The van der Waals surface area contributed by atoms with Gasteiger partial charge in [-0.15, -0.1) is 0 Å². The van der Waals surface area contributed by atoms with Gasteiger partial charge in [-0.05, 0) is 128 Å². The van der Waals surface area contributed by atoms with Gasteiger partial charge in [-0.1, -0.05) is 55.4 Å². The quantitative estimate of drug-likeness (QED) is 0.343. The third-order valence-corrected chi connectivity index (χ3v) is 15.1. The Bertz CT molecular complexity index is 915. The van der Waals surface area contributed by atoms with Crippen LogP contribution in [0.15, 0.2) is 0 Å². The summed E-state index contributed by atoms with van der Waals surface area (Å²) in [5.41, 5.74) is 1.62. The lowest BCUT2D eigenvalue weighted by Crippen LogP contribution is -2.68. The third kappa shape index (κ3) is 3.52. The van der Waals surface area contributed by atoms with Gasteiger partial charge in [0.25, 0.3) is 0 Å². The molecule has 0 aliphatic heterocycles. The summed E-state index contributed by atoms with van der Waals surface area (Å²) in [7, 11) is -1.62. The van der Waals surface area contributed by atoms with E-state index in [0.717, 1.165) is 24.7 Å². The fourth-order valence-corrected chi connectivity index (χ4v) is 13.3. The molecule has 36 heavy (non-hydrogen) atoms. The Morgan fingerprint density at radius 2 is 1.22 bits per heavy atom. The molecule has 0 unspecified atom stereocenters. The highest BCUT2D eigenvalue weighted by molar-refractivity contribution is 6.69. The summed E-state index contributed by atoms with van der Waals surface area (Å²) >= 11 is 0. The van der Waals surface area contributed by atoms with Gasteiger partial charge in [0.2, 0.25) is 0 Å². The molecule has 3 heteroatoms. The second-order valence-electron chi connectivity index (χ2n) is 17.5. The normalized spacial score (nSPS) is 52.0. The SMILES string of the molecule is CC1(C)CC[C@]2(C)[C@H](CC[C@@]3(C)[C@H]2CC[C@H]2[C@@]4(C)CCC(=O)C(C)(C)[C@@H]4CC[C@@]23C)[C@H]1O[Si](C)(C)C. The van der Waals surface area contributed by atoms with Gasteiger partial charge in [0, 0.05) is 11.8 Å². The summed E-state index contributed by atoms with van der Waals surface area (Å²) in [5, 5.41) is 0. The Morgan fingerprint density at radius 3 is 1.81 bits per heavy atom. The second kappa shape index (κ2) is 7.95. The monoisotopic (exact) mass is 514 g/mol. The molecule has 5 rings (SSSR count). The van der Waals surface area contributed by atoms with Gasteiger partial charge in [0.1, 0.15) is 5.78 Å². The molecule has 0 amide bonds. The minimum absolute atomic E-state index is 0.147. The standard InChI is InChI=1S/C33H58O2Si/c1-28(2)20-21-30(5)22(27(28)35-36(9,10)11)14-18-32(7)24(30)12-13-25-31(6)17-16-26(34)29(3,4)23(31)15-19-33(25,32)8/h22-25,27H,12-21H2,1-11H3/t22-,23+,24+,25+,27-,30-,31+,32+,33+/m1/s1. The van der Waals surface area contributed by atoms with Crippen LogP contribution >= 0.6 is 0 Å². The van der Waals surface area contributed by atoms with Crippen molar-refractivity contribution >= 4 is 14.1 Å². The fraction of sp³-hybridized carbons (Fsp3) is 0.970. The van der Waals surface area contributed by atoms with Crippen molar-refractivity contribution in [2.24, 2.45) is 56.2 Å². The van der Waals surface area contributed by atoms with E-state index in [1.54, 1.807) is 0 Å². The molecule has 0 bridgehead atoms. The van der Waals surface area contributed by atoms with Crippen LogP contribution in [0.25, 0.3) is 0 Å². The minimum Gasteiger partial charge on any atom is -0.414 e. The van der Waals surface area contributed by atoms with Gasteiger partial charge in [0.15, 0.2) is 8.32 Å². The first-order valence-electron chi connectivity index (χ1n) is 15.5. The highest BCUT2D eigenvalue weighted by Gasteiger charge is 2.71. The molecule has 0 spiro atoms. The van der Waals surface area contributed by atoms with Crippen LogP contribution < -0.4 is 0 Å². The van der Waals surface area contributed by atoms with Gasteiger partial charge < -0.3 is 4.43 Å². The highest BCUT2D eigenvalue weighted by atomic mass is 28.4. The van der Waals surface area contributed by atoms with Gasteiger partial charge >= 0.3 is 0 Å². The molecule has 5 aliphatic carbocycles. The van der Waals surface area contributed by atoms with Crippen molar-refractivity contribution in [1.29, 1.82) is 0 Å².